The van der Waals surface area contributed by atoms with Crippen molar-refractivity contribution in [2.24, 2.45) is 11.8 Å². The Morgan fingerprint density at radius 1 is 0.941 bits per heavy atom. The van der Waals surface area contributed by atoms with Gasteiger partial charge in [-0.1, -0.05) is 13.8 Å². The first-order valence-corrected chi connectivity index (χ1v) is 7.56. The summed E-state index contributed by atoms with van der Waals surface area (Å²) in [4.78, 5) is 5.43. The van der Waals surface area contributed by atoms with Gasteiger partial charge >= 0.3 is 0 Å². The van der Waals surface area contributed by atoms with Crippen LogP contribution >= 0.6 is 0 Å². The summed E-state index contributed by atoms with van der Waals surface area (Å²) in [5.74, 6) is 1.80. The van der Waals surface area contributed by atoms with Crippen LogP contribution in [0.1, 0.15) is 47.0 Å². The summed E-state index contributed by atoms with van der Waals surface area (Å²) < 4.78 is 0. The highest BCUT2D eigenvalue weighted by Gasteiger charge is 2.32. The second-order valence-electron chi connectivity index (χ2n) is 6.64. The predicted molar refractivity (Wildman–Crippen MR) is 74.2 cm³/mol. The molecule has 0 radical (unpaired) electrons. The molecule has 0 N–H and O–H groups in total. The van der Waals surface area contributed by atoms with Gasteiger partial charge in [0.2, 0.25) is 0 Å². The van der Waals surface area contributed by atoms with E-state index >= 15 is 0 Å². The lowest BCUT2D eigenvalue weighted by Gasteiger charge is -2.46. The minimum Gasteiger partial charge on any atom is -0.301 e. The minimum absolute atomic E-state index is 0.722. The Morgan fingerprint density at radius 2 is 1.59 bits per heavy atom. The molecule has 2 aliphatic rings. The fourth-order valence-corrected chi connectivity index (χ4v) is 3.54. The summed E-state index contributed by atoms with van der Waals surface area (Å²) in [5, 5.41) is 0. The molecule has 2 nitrogen and oxygen atoms in total. The van der Waals surface area contributed by atoms with E-state index in [1.807, 2.05) is 0 Å². The molecular weight excluding hydrogens is 208 g/mol. The van der Waals surface area contributed by atoms with Crippen molar-refractivity contribution in [3.8, 4) is 0 Å². The first-order chi connectivity index (χ1) is 8.08. The van der Waals surface area contributed by atoms with E-state index in [0.717, 1.165) is 23.9 Å². The molecule has 2 saturated heterocycles. The number of hydrogen-bond donors (Lipinski definition) is 0. The molecule has 17 heavy (non-hydrogen) atoms. The van der Waals surface area contributed by atoms with Gasteiger partial charge in [-0.05, 0) is 64.6 Å². The van der Waals surface area contributed by atoms with Gasteiger partial charge in [-0.3, -0.25) is 0 Å². The number of rotatable bonds is 2. The van der Waals surface area contributed by atoms with Crippen LogP contribution in [-0.4, -0.2) is 48.1 Å². The van der Waals surface area contributed by atoms with Gasteiger partial charge in [-0.15, -0.1) is 0 Å². The van der Waals surface area contributed by atoms with E-state index in [2.05, 4.69) is 37.5 Å². The third-order valence-electron chi connectivity index (χ3n) is 4.91. The van der Waals surface area contributed by atoms with Crippen LogP contribution in [0.4, 0.5) is 0 Å². The molecule has 0 aromatic heterocycles. The number of hydrogen-bond acceptors (Lipinski definition) is 2. The van der Waals surface area contributed by atoms with Gasteiger partial charge in [0.1, 0.15) is 0 Å². The third kappa shape index (κ3) is 3.23. The molecule has 2 atom stereocenters. The SMILES string of the molecule is CC1CCN([C@H]2CCN(C(C)C)C[C@@H]2C)CC1. The van der Waals surface area contributed by atoms with Crippen molar-refractivity contribution in [1.82, 2.24) is 9.80 Å². The summed E-state index contributed by atoms with van der Waals surface area (Å²) in [6, 6.07) is 1.58. The Balaban J connectivity index is 1.86. The fourth-order valence-electron chi connectivity index (χ4n) is 3.54. The molecule has 100 valence electrons. The molecule has 0 spiro atoms. The first kappa shape index (κ1) is 13.4. The molecule has 0 aromatic carbocycles. The van der Waals surface area contributed by atoms with Gasteiger partial charge in [0.05, 0.1) is 0 Å². The zero-order valence-electron chi connectivity index (χ0n) is 12.2. The molecule has 0 aromatic rings. The summed E-state index contributed by atoms with van der Waals surface area (Å²) in [5.41, 5.74) is 0. The lowest BCUT2D eigenvalue weighted by Crippen LogP contribution is -2.53. The van der Waals surface area contributed by atoms with Crippen LogP contribution in [0.25, 0.3) is 0 Å². The standard InChI is InChI=1S/C15H30N2/c1-12(2)17-10-7-15(14(4)11-17)16-8-5-13(3)6-9-16/h12-15H,5-11H2,1-4H3/t14-,15-/m0/s1. The highest BCUT2D eigenvalue weighted by molar-refractivity contribution is 4.87. The van der Waals surface area contributed by atoms with Crippen molar-refractivity contribution >= 4 is 0 Å². The van der Waals surface area contributed by atoms with Crippen LogP contribution in [0.5, 0.6) is 0 Å². The summed E-state index contributed by atoms with van der Waals surface area (Å²) in [6.07, 6.45) is 4.21. The normalized spacial score (nSPS) is 34.4. The van der Waals surface area contributed by atoms with Crippen molar-refractivity contribution in [1.29, 1.82) is 0 Å². The van der Waals surface area contributed by atoms with Gasteiger partial charge < -0.3 is 9.80 Å². The fraction of sp³-hybridized carbons (Fsp3) is 1.00. The van der Waals surface area contributed by atoms with Gasteiger partial charge in [0, 0.05) is 18.6 Å². The van der Waals surface area contributed by atoms with Gasteiger partial charge in [-0.2, -0.15) is 0 Å². The maximum Gasteiger partial charge on any atom is 0.0145 e. The van der Waals surface area contributed by atoms with E-state index in [-0.39, 0.29) is 0 Å². The van der Waals surface area contributed by atoms with Crippen LogP contribution < -0.4 is 0 Å². The number of piperidine rings is 2. The van der Waals surface area contributed by atoms with Crippen LogP contribution in [0.15, 0.2) is 0 Å². The Kier molecular flexibility index (Phi) is 4.48. The Hall–Kier alpha value is -0.0800. The summed E-state index contributed by atoms with van der Waals surface area (Å²) in [6.45, 7) is 14.8. The van der Waals surface area contributed by atoms with Crippen molar-refractivity contribution in [3.63, 3.8) is 0 Å². The van der Waals surface area contributed by atoms with E-state index < -0.39 is 0 Å². The van der Waals surface area contributed by atoms with Crippen molar-refractivity contribution in [2.45, 2.75) is 59.0 Å². The van der Waals surface area contributed by atoms with Crippen molar-refractivity contribution in [2.75, 3.05) is 26.2 Å². The average molecular weight is 238 g/mol. The van der Waals surface area contributed by atoms with Gasteiger partial charge in [0.15, 0.2) is 0 Å². The highest BCUT2D eigenvalue weighted by atomic mass is 15.2. The minimum atomic E-state index is 0.722. The molecule has 0 bridgehead atoms. The second kappa shape index (κ2) is 5.71. The Bertz CT molecular complexity index is 231. The molecule has 0 unspecified atom stereocenters. The zero-order valence-corrected chi connectivity index (χ0v) is 12.2. The summed E-state index contributed by atoms with van der Waals surface area (Å²) in [7, 11) is 0. The predicted octanol–water partition coefficient (Wildman–Crippen LogP) is 2.84. The van der Waals surface area contributed by atoms with E-state index in [1.165, 1.54) is 45.4 Å². The molecule has 2 heteroatoms. The largest absolute Gasteiger partial charge is 0.301 e. The van der Waals surface area contributed by atoms with Crippen molar-refractivity contribution in [3.05, 3.63) is 0 Å². The monoisotopic (exact) mass is 238 g/mol. The molecule has 0 aliphatic carbocycles. The van der Waals surface area contributed by atoms with E-state index in [0.29, 0.717) is 0 Å². The zero-order chi connectivity index (χ0) is 12.4. The lowest BCUT2D eigenvalue weighted by molar-refractivity contribution is 0.0326. The highest BCUT2D eigenvalue weighted by Crippen LogP contribution is 2.27. The Labute approximate surface area is 107 Å². The lowest BCUT2D eigenvalue weighted by atomic mass is 9.88. The average Bonchev–Trinajstić information content (AvgIpc) is 2.30. The molecule has 2 heterocycles. The molecule has 2 aliphatic heterocycles. The topological polar surface area (TPSA) is 6.48 Å². The number of likely N-dealkylation sites (tertiary alicyclic amines) is 2. The quantitative estimate of drug-likeness (QED) is 0.730. The van der Waals surface area contributed by atoms with Crippen LogP contribution in [0, 0.1) is 11.8 Å². The van der Waals surface area contributed by atoms with E-state index in [1.54, 1.807) is 0 Å². The first-order valence-electron chi connectivity index (χ1n) is 7.56. The number of nitrogens with zero attached hydrogens (tertiary/aromatic N) is 2. The van der Waals surface area contributed by atoms with Crippen molar-refractivity contribution < 1.29 is 0 Å². The third-order valence-corrected chi connectivity index (χ3v) is 4.91. The molecule has 0 saturated carbocycles. The summed E-state index contributed by atoms with van der Waals surface area (Å²) >= 11 is 0. The molecule has 2 fully saturated rings. The van der Waals surface area contributed by atoms with E-state index in [4.69, 9.17) is 0 Å². The van der Waals surface area contributed by atoms with Crippen LogP contribution in [0.3, 0.4) is 0 Å². The molecule has 2 rings (SSSR count). The Morgan fingerprint density at radius 3 is 2.12 bits per heavy atom. The van der Waals surface area contributed by atoms with Crippen LogP contribution in [0.2, 0.25) is 0 Å². The smallest absolute Gasteiger partial charge is 0.0145 e. The maximum absolute atomic E-state index is 2.78. The van der Waals surface area contributed by atoms with Gasteiger partial charge in [-0.25, -0.2) is 0 Å². The van der Waals surface area contributed by atoms with Gasteiger partial charge in [0.25, 0.3) is 0 Å². The molecule has 0 amide bonds. The van der Waals surface area contributed by atoms with Crippen LogP contribution in [-0.2, 0) is 0 Å². The maximum atomic E-state index is 2.78. The molecular formula is C15H30N2. The second-order valence-corrected chi connectivity index (χ2v) is 6.64. The van der Waals surface area contributed by atoms with E-state index in [9.17, 15) is 0 Å².